The molecule has 1 unspecified atom stereocenters. The van der Waals surface area contributed by atoms with Gasteiger partial charge >= 0.3 is 0 Å². The van der Waals surface area contributed by atoms with E-state index in [1.54, 1.807) is 0 Å². The second-order valence-electron chi connectivity index (χ2n) is 8.25. The molecule has 130 valence electrons. The Morgan fingerprint density at radius 1 is 1.39 bits per heavy atom. The van der Waals surface area contributed by atoms with E-state index < -0.39 is 0 Å². The first-order valence-electron chi connectivity index (χ1n) is 8.48. The van der Waals surface area contributed by atoms with Gasteiger partial charge in [-0.25, -0.2) is 4.68 Å². The SMILES string of the molecule is CC(CCn1nnnc1N1C[C@@H](C)[C@H](C(N)=O)C1)CC(C)(C)C. The number of hydrogen-bond acceptors (Lipinski definition) is 5. The Morgan fingerprint density at radius 3 is 2.65 bits per heavy atom. The molecule has 0 radical (unpaired) electrons. The molecule has 1 aliphatic rings. The van der Waals surface area contributed by atoms with E-state index >= 15 is 0 Å². The first-order chi connectivity index (χ1) is 10.7. The van der Waals surface area contributed by atoms with Gasteiger partial charge in [0.15, 0.2) is 0 Å². The summed E-state index contributed by atoms with van der Waals surface area (Å²) >= 11 is 0. The monoisotopic (exact) mass is 322 g/mol. The summed E-state index contributed by atoms with van der Waals surface area (Å²) in [6, 6.07) is 0. The molecule has 0 aromatic carbocycles. The summed E-state index contributed by atoms with van der Waals surface area (Å²) < 4.78 is 1.86. The number of carbonyl (C=O) groups is 1. The van der Waals surface area contributed by atoms with E-state index in [0.29, 0.717) is 17.9 Å². The lowest BCUT2D eigenvalue weighted by atomic mass is 9.84. The minimum absolute atomic E-state index is 0.125. The number of aryl methyl sites for hydroxylation is 1. The van der Waals surface area contributed by atoms with E-state index in [1.165, 1.54) is 6.42 Å². The van der Waals surface area contributed by atoms with Gasteiger partial charge in [0, 0.05) is 19.6 Å². The van der Waals surface area contributed by atoms with Crippen LogP contribution in [0.25, 0.3) is 0 Å². The minimum Gasteiger partial charge on any atom is -0.369 e. The zero-order valence-electron chi connectivity index (χ0n) is 15.0. The summed E-state index contributed by atoms with van der Waals surface area (Å²) in [7, 11) is 0. The van der Waals surface area contributed by atoms with Crippen LogP contribution in [0.4, 0.5) is 5.95 Å². The molecular formula is C16H30N6O. The molecule has 3 atom stereocenters. The number of anilines is 1. The third kappa shape index (κ3) is 4.65. The van der Waals surface area contributed by atoms with Crippen LogP contribution >= 0.6 is 0 Å². The van der Waals surface area contributed by atoms with E-state index in [0.717, 1.165) is 25.5 Å². The third-order valence-electron chi connectivity index (χ3n) is 4.57. The highest BCUT2D eigenvalue weighted by Crippen LogP contribution is 2.28. The Kier molecular flexibility index (Phi) is 5.26. The van der Waals surface area contributed by atoms with Gasteiger partial charge in [0.1, 0.15) is 0 Å². The Bertz CT molecular complexity index is 535. The topological polar surface area (TPSA) is 89.9 Å². The maximum atomic E-state index is 11.5. The van der Waals surface area contributed by atoms with E-state index in [4.69, 9.17) is 5.73 Å². The van der Waals surface area contributed by atoms with Gasteiger partial charge in [-0.3, -0.25) is 4.79 Å². The number of tetrazole rings is 1. The standard InChI is InChI=1S/C16H30N6O/c1-11(8-16(3,4)5)6-7-22-15(18-19-20-22)21-9-12(2)13(10-21)14(17)23/h11-13H,6-10H2,1-5H3,(H2,17,23)/t11?,12-,13-/m1/s1. The van der Waals surface area contributed by atoms with E-state index in [2.05, 4.69) is 55.0 Å². The van der Waals surface area contributed by atoms with Gasteiger partial charge in [-0.15, -0.1) is 0 Å². The Hall–Kier alpha value is -1.66. The van der Waals surface area contributed by atoms with Crippen molar-refractivity contribution in [2.45, 2.75) is 54.0 Å². The van der Waals surface area contributed by atoms with E-state index in [1.807, 2.05) is 4.68 Å². The zero-order chi connectivity index (χ0) is 17.2. The summed E-state index contributed by atoms with van der Waals surface area (Å²) in [5, 5.41) is 12.1. The predicted molar refractivity (Wildman–Crippen MR) is 89.7 cm³/mol. The van der Waals surface area contributed by atoms with E-state index in [9.17, 15) is 4.79 Å². The van der Waals surface area contributed by atoms with Crippen molar-refractivity contribution in [2.24, 2.45) is 28.9 Å². The zero-order valence-corrected chi connectivity index (χ0v) is 15.0. The van der Waals surface area contributed by atoms with Crippen LogP contribution in [0, 0.1) is 23.2 Å². The molecule has 1 amide bonds. The van der Waals surface area contributed by atoms with Crippen molar-refractivity contribution in [1.29, 1.82) is 0 Å². The number of hydrogen-bond donors (Lipinski definition) is 1. The molecule has 0 bridgehead atoms. The summed E-state index contributed by atoms with van der Waals surface area (Å²) in [6.07, 6.45) is 2.22. The molecular weight excluding hydrogens is 292 g/mol. The molecule has 2 rings (SSSR count). The quantitative estimate of drug-likeness (QED) is 0.861. The molecule has 0 aliphatic carbocycles. The second kappa shape index (κ2) is 6.84. The van der Waals surface area contributed by atoms with Gasteiger partial charge < -0.3 is 10.6 Å². The molecule has 1 fully saturated rings. The number of carbonyl (C=O) groups excluding carboxylic acids is 1. The lowest BCUT2D eigenvalue weighted by Crippen LogP contribution is -2.30. The van der Waals surface area contributed by atoms with Crippen molar-refractivity contribution in [3.05, 3.63) is 0 Å². The molecule has 2 N–H and O–H groups in total. The molecule has 7 heteroatoms. The summed E-state index contributed by atoms with van der Waals surface area (Å²) in [4.78, 5) is 13.6. The highest BCUT2D eigenvalue weighted by Gasteiger charge is 2.35. The average Bonchev–Trinajstić information content (AvgIpc) is 3.00. The maximum absolute atomic E-state index is 11.5. The van der Waals surface area contributed by atoms with Crippen molar-refractivity contribution in [3.8, 4) is 0 Å². The Morgan fingerprint density at radius 2 is 2.09 bits per heavy atom. The van der Waals surface area contributed by atoms with Gasteiger partial charge in [0.05, 0.1) is 5.92 Å². The van der Waals surface area contributed by atoms with Crippen LogP contribution in [-0.2, 0) is 11.3 Å². The van der Waals surface area contributed by atoms with Gasteiger partial charge in [0.25, 0.3) is 0 Å². The fourth-order valence-corrected chi connectivity index (χ4v) is 3.56. The lowest BCUT2D eigenvalue weighted by Gasteiger charge is -2.23. The highest BCUT2D eigenvalue weighted by atomic mass is 16.1. The van der Waals surface area contributed by atoms with Crippen molar-refractivity contribution < 1.29 is 4.79 Å². The van der Waals surface area contributed by atoms with Crippen LogP contribution in [0.3, 0.4) is 0 Å². The molecule has 0 spiro atoms. The molecule has 0 saturated carbocycles. The van der Waals surface area contributed by atoms with Crippen LogP contribution in [0.1, 0.15) is 47.5 Å². The molecule has 7 nitrogen and oxygen atoms in total. The number of amides is 1. The molecule has 1 saturated heterocycles. The van der Waals surface area contributed by atoms with Crippen molar-refractivity contribution in [3.63, 3.8) is 0 Å². The minimum atomic E-state index is -0.238. The third-order valence-corrected chi connectivity index (χ3v) is 4.57. The van der Waals surface area contributed by atoms with E-state index in [-0.39, 0.29) is 17.7 Å². The molecule has 1 aromatic rings. The normalized spacial score (nSPS) is 23.3. The molecule has 1 aromatic heterocycles. The van der Waals surface area contributed by atoms with Crippen LogP contribution in [0.2, 0.25) is 0 Å². The fourth-order valence-electron chi connectivity index (χ4n) is 3.56. The number of nitrogens with zero attached hydrogens (tertiary/aromatic N) is 5. The Labute approximate surface area is 138 Å². The van der Waals surface area contributed by atoms with Crippen LogP contribution in [0.15, 0.2) is 0 Å². The second-order valence-corrected chi connectivity index (χ2v) is 8.25. The number of nitrogens with two attached hydrogens (primary N) is 1. The smallest absolute Gasteiger partial charge is 0.245 e. The van der Waals surface area contributed by atoms with Gasteiger partial charge in [-0.2, -0.15) is 0 Å². The van der Waals surface area contributed by atoms with Crippen molar-refractivity contribution in [1.82, 2.24) is 20.2 Å². The van der Waals surface area contributed by atoms with Crippen LogP contribution in [0.5, 0.6) is 0 Å². The van der Waals surface area contributed by atoms with Gasteiger partial charge in [-0.05, 0) is 40.5 Å². The van der Waals surface area contributed by atoms with Crippen LogP contribution < -0.4 is 10.6 Å². The summed E-state index contributed by atoms with van der Waals surface area (Å²) in [6.45, 7) is 13.3. The lowest BCUT2D eigenvalue weighted by molar-refractivity contribution is -0.122. The highest BCUT2D eigenvalue weighted by molar-refractivity contribution is 5.78. The summed E-state index contributed by atoms with van der Waals surface area (Å²) in [5.74, 6) is 1.24. The van der Waals surface area contributed by atoms with Crippen molar-refractivity contribution >= 4 is 11.9 Å². The maximum Gasteiger partial charge on any atom is 0.245 e. The predicted octanol–water partition coefficient (Wildman–Crippen LogP) is 1.69. The molecule has 2 heterocycles. The van der Waals surface area contributed by atoms with Gasteiger partial charge in [0.2, 0.25) is 11.9 Å². The largest absolute Gasteiger partial charge is 0.369 e. The summed E-state index contributed by atoms with van der Waals surface area (Å²) in [5.41, 5.74) is 5.81. The van der Waals surface area contributed by atoms with Crippen LogP contribution in [-0.4, -0.2) is 39.2 Å². The van der Waals surface area contributed by atoms with Crippen molar-refractivity contribution in [2.75, 3.05) is 18.0 Å². The Balaban J connectivity index is 1.97. The number of aromatic nitrogens is 4. The fraction of sp³-hybridized carbons (Fsp3) is 0.875. The van der Waals surface area contributed by atoms with Gasteiger partial charge in [-0.1, -0.05) is 39.7 Å². The first-order valence-corrected chi connectivity index (χ1v) is 8.48. The number of rotatable bonds is 6. The first kappa shape index (κ1) is 17.7. The average molecular weight is 322 g/mol. The molecule has 1 aliphatic heterocycles. The number of primary amides is 1. The molecule has 23 heavy (non-hydrogen) atoms.